The molecule has 0 bridgehead atoms. The van der Waals surface area contributed by atoms with E-state index in [2.05, 4.69) is 12.1 Å². The molecule has 2 aliphatic rings. The summed E-state index contributed by atoms with van der Waals surface area (Å²) in [6.45, 7) is 6.53. The molecule has 3 heterocycles. The SMILES string of the molecule is C=CCONC1CN([B]C=O)Cc2nc(COC3CCCCO3)sc21. The fourth-order valence-corrected chi connectivity index (χ4v) is 3.97. The normalized spacial score (nSPS) is 23.8. The first-order chi connectivity index (χ1) is 12.3. The van der Waals surface area contributed by atoms with Crippen molar-refractivity contribution in [3.8, 4) is 0 Å². The zero-order valence-electron chi connectivity index (χ0n) is 14.2. The minimum Gasteiger partial charge on any atom is -0.353 e. The lowest BCUT2D eigenvalue weighted by Gasteiger charge is -2.30. The van der Waals surface area contributed by atoms with Gasteiger partial charge in [0.05, 0.1) is 24.5 Å². The fraction of sp³-hybridized carbons (Fsp3) is 0.625. The van der Waals surface area contributed by atoms with Crippen molar-refractivity contribution in [3.63, 3.8) is 0 Å². The van der Waals surface area contributed by atoms with E-state index in [0.29, 0.717) is 26.3 Å². The van der Waals surface area contributed by atoms with Gasteiger partial charge in [0.25, 0.3) is 7.41 Å². The van der Waals surface area contributed by atoms with Crippen LogP contribution in [0.3, 0.4) is 0 Å². The standard InChI is InChI=1S/C16H23BN3O4S/c1-2-6-24-19-13-9-20(17-11-21)8-12-16(13)25-14(18-12)10-23-15-5-3-4-7-22-15/h2,11,13,15,19H,1,3-10H2. The lowest BCUT2D eigenvalue weighted by Crippen LogP contribution is -2.41. The Labute approximate surface area is 152 Å². The van der Waals surface area contributed by atoms with Gasteiger partial charge < -0.3 is 19.1 Å². The summed E-state index contributed by atoms with van der Waals surface area (Å²) in [6, 6.07) is -0.0444. The van der Waals surface area contributed by atoms with Crippen LogP contribution in [0.4, 0.5) is 0 Å². The van der Waals surface area contributed by atoms with Gasteiger partial charge in [-0.05, 0) is 19.3 Å². The van der Waals surface area contributed by atoms with Gasteiger partial charge >= 0.3 is 0 Å². The van der Waals surface area contributed by atoms with Gasteiger partial charge in [0, 0.05) is 24.6 Å². The topological polar surface area (TPSA) is 72.9 Å². The molecule has 0 aromatic carbocycles. The summed E-state index contributed by atoms with van der Waals surface area (Å²) in [6.07, 6.45) is 5.53. The Morgan fingerprint density at radius 1 is 1.52 bits per heavy atom. The van der Waals surface area contributed by atoms with Crippen molar-refractivity contribution in [2.75, 3.05) is 19.8 Å². The van der Waals surface area contributed by atoms with Crippen molar-refractivity contribution >= 4 is 24.9 Å². The maximum Gasteiger partial charge on any atom is 0.293 e. The van der Waals surface area contributed by atoms with Gasteiger partial charge in [0.2, 0.25) is 0 Å². The Morgan fingerprint density at radius 2 is 2.44 bits per heavy atom. The zero-order chi connectivity index (χ0) is 17.5. The second-order valence-corrected chi connectivity index (χ2v) is 7.13. The predicted molar refractivity (Wildman–Crippen MR) is 95.4 cm³/mol. The first kappa shape index (κ1) is 18.7. The average molecular weight is 364 g/mol. The van der Waals surface area contributed by atoms with Crippen molar-refractivity contribution in [3.05, 3.63) is 28.2 Å². The molecule has 1 aromatic heterocycles. The lowest BCUT2D eigenvalue weighted by molar-refractivity contribution is -0.168. The maximum atomic E-state index is 10.8. The van der Waals surface area contributed by atoms with Crippen LogP contribution >= 0.6 is 11.3 Å². The number of nitrogens with one attached hydrogen (secondary N) is 1. The molecule has 2 atom stereocenters. The average Bonchev–Trinajstić information content (AvgIpc) is 3.04. The van der Waals surface area contributed by atoms with Gasteiger partial charge in [-0.3, -0.25) is 4.84 Å². The number of hydrogen-bond donors (Lipinski definition) is 1. The number of thiazole rings is 1. The van der Waals surface area contributed by atoms with Gasteiger partial charge in [-0.25, -0.2) is 4.98 Å². The highest BCUT2D eigenvalue weighted by Crippen LogP contribution is 2.32. The maximum absolute atomic E-state index is 10.8. The molecule has 3 rings (SSSR count). The number of aromatic nitrogens is 1. The molecule has 2 aliphatic heterocycles. The van der Waals surface area contributed by atoms with E-state index in [4.69, 9.17) is 19.3 Å². The van der Waals surface area contributed by atoms with Crippen molar-refractivity contribution in [2.24, 2.45) is 0 Å². The summed E-state index contributed by atoms with van der Waals surface area (Å²) < 4.78 is 11.4. The highest BCUT2D eigenvalue weighted by molar-refractivity contribution is 7.11. The van der Waals surface area contributed by atoms with Crippen LogP contribution in [0.15, 0.2) is 12.7 Å². The molecule has 0 saturated carbocycles. The van der Waals surface area contributed by atoms with Crippen LogP contribution in [0, 0.1) is 0 Å². The number of ether oxygens (including phenoxy) is 2. The van der Waals surface area contributed by atoms with Gasteiger partial charge in [-0.15, -0.1) is 17.9 Å². The molecule has 7 nitrogen and oxygen atoms in total. The van der Waals surface area contributed by atoms with Crippen LogP contribution in [0.5, 0.6) is 0 Å². The Kier molecular flexibility index (Phi) is 7.15. The highest BCUT2D eigenvalue weighted by Gasteiger charge is 2.29. The summed E-state index contributed by atoms with van der Waals surface area (Å²) in [5.41, 5.74) is 4.00. The largest absolute Gasteiger partial charge is 0.353 e. The number of carbonyl (C=O) groups excluding carboxylic acids is 1. The summed E-state index contributed by atoms with van der Waals surface area (Å²) in [5, 5.41) is 0.919. The molecule has 2 unspecified atom stereocenters. The molecular weight excluding hydrogens is 341 g/mol. The van der Waals surface area contributed by atoms with Crippen molar-refractivity contribution < 1.29 is 19.1 Å². The Balaban J connectivity index is 1.64. The quantitative estimate of drug-likeness (QED) is 0.234. The smallest absolute Gasteiger partial charge is 0.293 e. The van der Waals surface area contributed by atoms with Crippen molar-refractivity contribution in [1.82, 2.24) is 15.3 Å². The van der Waals surface area contributed by atoms with Crippen LogP contribution in [0.1, 0.15) is 40.9 Å². The van der Waals surface area contributed by atoms with Crippen LogP contribution in [0.2, 0.25) is 0 Å². The van der Waals surface area contributed by atoms with E-state index >= 15 is 0 Å². The molecular formula is C16H23BN3O4S. The first-order valence-electron chi connectivity index (χ1n) is 8.52. The van der Waals surface area contributed by atoms with Crippen LogP contribution in [0.25, 0.3) is 0 Å². The number of fused-ring (bicyclic) bond motifs is 1. The molecule has 0 amide bonds. The minimum atomic E-state index is -0.126. The highest BCUT2D eigenvalue weighted by atomic mass is 32.1. The summed E-state index contributed by atoms with van der Waals surface area (Å²) in [7, 11) is 1.54. The second-order valence-electron chi connectivity index (χ2n) is 6.01. The van der Waals surface area contributed by atoms with E-state index in [1.807, 2.05) is 4.81 Å². The van der Waals surface area contributed by atoms with E-state index in [0.717, 1.165) is 47.6 Å². The predicted octanol–water partition coefficient (Wildman–Crippen LogP) is 1.56. The molecule has 1 radical (unpaired) electrons. The Bertz CT molecular complexity index is 580. The molecule has 1 saturated heterocycles. The van der Waals surface area contributed by atoms with Gasteiger partial charge in [0.15, 0.2) is 6.29 Å². The molecule has 1 aromatic rings. The molecule has 135 valence electrons. The lowest BCUT2D eigenvalue weighted by atomic mass is 9.91. The Hall–Kier alpha value is -1.10. The summed E-state index contributed by atoms with van der Waals surface area (Å²) in [4.78, 5) is 24.0. The summed E-state index contributed by atoms with van der Waals surface area (Å²) >= 11 is 1.62. The van der Waals surface area contributed by atoms with E-state index < -0.39 is 0 Å². The minimum absolute atomic E-state index is 0.0444. The van der Waals surface area contributed by atoms with E-state index in [-0.39, 0.29) is 12.3 Å². The third kappa shape index (κ3) is 5.19. The third-order valence-electron chi connectivity index (χ3n) is 4.09. The molecule has 1 N–H and O–H groups in total. The van der Waals surface area contributed by atoms with E-state index in [1.165, 1.54) is 7.41 Å². The van der Waals surface area contributed by atoms with E-state index in [9.17, 15) is 4.79 Å². The van der Waals surface area contributed by atoms with Crippen molar-refractivity contribution in [1.29, 1.82) is 0 Å². The number of rotatable bonds is 9. The Morgan fingerprint density at radius 3 is 3.20 bits per heavy atom. The van der Waals surface area contributed by atoms with Gasteiger partial charge in [0.1, 0.15) is 11.6 Å². The monoisotopic (exact) mass is 364 g/mol. The van der Waals surface area contributed by atoms with Crippen LogP contribution in [-0.2, 0) is 32.3 Å². The second kappa shape index (κ2) is 9.56. The van der Waals surface area contributed by atoms with E-state index in [1.54, 1.807) is 17.4 Å². The number of carbonyl (C=O) groups is 1. The molecule has 25 heavy (non-hydrogen) atoms. The third-order valence-corrected chi connectivity index (χ3v) is 5.27. The molecule has 0 spiro atoms. The van der Waals surface area contributed by atoms with Gasteiger partial charge in [-0.2, -0.15) is 5.48 Å². The number of hydrogen-bond acceptors (Lipinski definition) is 8. The molecule has 9 heteroatoms. The molecule has 0 aliphatic carbocycles. The number of hydroxylamine groups is 1. The van der Waals surface area contributed by atoms with Crippen LogP contribution in [-0.4, -0.2) is 49.4 Å². The number of nitrogens with zero attached hydrogens (tertiary/aromatic N) is 2. The van der Waals surface area contributed by atoms with Gasteiger partial charge in [-0.1, -0.05) is 6.08 Å². The fourth-order valence-electron chi connectivity index (χ4n) is 2.94. The van der Waals surface area contributed by atoms with Crippen LogP contribution < -0.4 is 5.48 Å². The zero-order valence-corrected chi connectivity index (χ0v) is 15.0. The van der Waals surface area contributed by atoms with Crippen molar-refractivity contribution in [2.45, 2.75) is 44.7 Å². The molecule has 1 fully saturated rings. The summed E-state index contributed by atoms with van der Waals surface area (Å²) in [5.74, 6) is 0. The first-order valence-corrected chi connectivity index (χ1v) is 9.34.